The van der Waals surface area contributed by atoms with Gasteiger partial charge in [0.2, 0.25) is 0 Å². The minimum absolute atomic E-state index is 0.0660. The average Bonchev–Trinajstić information content (AvgIpc) is 2.81. The molecule has 0 fully saturated rings. The molecule has 1 amide bonds. The number of nitrogens with one attached hydrogen (secondary N) is 1. The summed E-state index contributed by atoms with van der Waals surface area (Å²) >= 11 is 0. The van der Waals surface area contributed by atoms with Gasteiger partial charge in [0.1, 0.15) is 5.75 Å². The van der Waals surface area contributed by atoms with Crippen LogP contribution >= 0.6 is 0 Å². The molecule has 0 bridgehead atoms. The van der Waals surface area contributed by atoms with Crippen LogP contribution in [-0.4, -0.2) is 34.4 Å². The molecule has 2 rings (SSSR count). The van der Waals surface area contributed by atoms with Crippen LogP contribution in [-0.2, 0) is 21.4 Å². The number of ether oxygens (including phenoxy) is 2. The largest absolute Gasteiger partial charge is 0.493 e. The summed E-state index contributed by atoms with van der Waals surface area (Å²) in [5, 5.41) is 7.00. The van der Waals surface area contributed by atoms with Gasteiger partial charge in [0.25, 0.3) is 5.91 Å². The van der Waals surface area contributed by atoms with Crippen molar-refractivity contribution in [3.05, 3.63) is 41.2 Å². The van der Waals surface area contributed by atoms with Crippen molar-refractivity contribution in [1.29, 1.82) is 0 Å². The zero-order valence-electron chi connectivity index (χ0n) is 15.8. The average molecular weight is 359 g/mol. The standard InChI is InChI=1S/C19H25N3O4/c1-12-7-6-8-16(11-12)25-10-9-17(23)26-15(4)19(24)20-18-13(2)21-22(5)14(18)3/h6-8,11,15H,9-10H2,1-5H3,(H,20,24)/t15-/m0/s1. The number of carbonyl (C=O) groups is 2. The topological polar surface area (TPSA) is 82.4 Å². The van der Waals surface area contributed by atoms with E-state index in [1.807, 2.05) is 45.0 Å². The van der Waals surface area contributed by atoms with Crippen molar-refractivity contribution in [2.75, 3.05) is 11.9 Å². The Morgan fingerprint density at radius 1 is 1.27 bits per heavy atom. The third kappa shape index (κ3) is 5.08. The first-order valence-electron chi connectivity index (χ1n) is 8.48. The fraction of sp³-hybridized carbons (Fsp3) is 0.421. The molecule has 1 aromatic heterocycles. The van der Waals surface area contributed by atoms with Gasteiger partial charge < -0.3 is 14.8 Å². The summed E-state index contributed by atoms with van der Waals surface area (Å²) in [6, 6.07) is 7.57. The number of anilines is 1. The number of esters is 1. The third-order valence-corrected chi connectivity index (χ3v) is 4.00. The molecule has 0 aliphatic carbocycles. The van der Waals surface area contributed by atoms with Crippen LogP contribution in [0.15, 0.2) is 24.3 Å². The lowest BCUT2D eigenvalue weighted by Crippen LogP contribution is -2.30. The van der Waals surface area contributed by atoms with Gasteiger partial charge in [-0.2, -0.15) is 5.10 Å². The number of amides is 1. The molecule has 1 atom stereocenters. The first kappa shape index (κ1) is 19.5. The summed E-state index contributed by atoms with van der Waals surface area (Å²) in [5.74, 6) is -0.178. The predicted octanol–water partition coefficient (Wildman–Crippen LogP) is 2.68. The monoisotopic (exact) mass is 359 g/mol. The maximum atomic E-state index is 12.2. The van der Waals surface area contributed by atoms with E-state index in [1.165, 1.54) is 6.92 Å². The summed E-state index contributed by atoms with van der Waals surface area (Å²) in [4.78, 5) is 24.1. The number of aromatic nitrogens is 2. The summed E-state index contributed by atoms with van der Waals surface area (Å²) in [6.45, 7) is 7.36. The molecule has 140 valence electrons. The molecule has 0 unspecified atom stereocenters. The summed E-state index contributed by atoms with van der Waals surface area (Å²) in [5.41, 5.74) is 3.27. The van der Waals surface area contributed by atoms with E-state index in [9.17, 15) is 9.59 Å². The van der Waals surface area contributed by atoms with Gasteiger partial charge in [0.05, 0.1) is 30.1 Å². The number of hydrogen-bond acceptors (Lipinski definition) is 5. The SMILES string of the molecule is Cc1cccc(OCCC(=O)O[C@@H](C)C(=O)Nc2c(C)nn(C)c2C)c1. The first-order chi connectivity index (χ1) is 12.3. The number of aryl methyl sites for hydroxylation is 3. The molecule has 7 heteroatoms. The van der Waals surface area contributed by atoms with Gasteiger partial charge in [0.15, 0.2) is 6.10 Å². The van der Waals surface area contributed by atoms with Crippen LogP contribution in [0.25, 0.3) is 0 Å². The van der Waals surface area contributed by atoms with Gasteiger partial charge in [-0.15, -0.1) is 0 Å². The van der Waals surface area contributed by atoms with E-state index < -0.39 is 18.0 Å². The molecule has 1 heterocycles. The molecule has 0 aliphatic rings. The molecular weight excluding hydrogens is 334 g/mol. The molecule has 7 nitrogen and oxygen atoms in total. The number of benzene rings is 1. The lowest BCUT2D eigenvalue weighted by Gasteiger charge is -2.14. The van der Waals surface area contributed by atoms with Crippen LogP contribution in [0.2, 0.25) is 0 Å². The van der Waals surface area contributed by atoms with E-state index >= 15 is 0 Å². The van der Waals surface area contributed by atoms with Crippen LogP contribution < -0.4 is 10.1 Å². The number of nitrogens with zero attached hydrogens (tertiary/aromatic N) is 2. The molecule has 0 aliphatic heterocycles. The highest BCUT2D eigenvalue weighted by atomic mass is 16.5. The molecule has 0 spiro atoms. The highest BCUT2D eigenvalue weighted by Gasteiger charge is 2.20. The van der Waals surface area contributed by atoms with Gasteiger partial charge >= 0.3 is 5.97 Å². The Morgan fingerprint density at radius 3 is 2.62 bits per heavy atom. The van der Waals surface area contributed by atoms with E-state index in [0.29, 0.717) is 17.1 Å². The van der Waals surface area contributed by atoms with Gasteiger partial charge in [-0.05, 0) is 45.4 Å². The van der Waals surface area contributed by atoms with E-state index in [4.69, 9.17) is 9.47 Å². The molecule has 1 aromatic carbocycles. The van der Waals surface area contributed by atoms with Crippen LogP contribution in [0.4, 0.5) is 5.69 Å². The van der Waals surface area contributed by atoms with Crippen molar-refractivity contribution in [3.63, 3.8) is 0 Å². The molecule has 2 aromatic rings. The molecule has 1 N–H and O–H groups in total. The minimum atomic E-state index is -0.902. The fourth-order valence-corrected chi connectivity index (χ4v) is 2.45. The van der Waals surface area contributed by atoms with Crippen molar-refractivity contribution in [2.24, 2.45) is 7.05 Å². The van der Waals surface area contributed by atoms with E-state index in [1.54, 1.807) is 11.7 Å². The van der Waals surface area contributed by atoms with Crippen molar-refractivity contribution < 1.29 is 19.1 Å². The molecule has 26 heavy (non-hydrogen) atoms. The smallest absolute Gasteiger partial charge is 0.310 e. The highest BCUT2D eigenvalue weighted by molar-refractivity contribution is 5.96. The maximum Gasteiger partial charge on any atom is 0.310 e. The number of hydrogen-bond donors (Lipinski definition) is 1. The predicted molar refractivity (Wildman–Crippen MR) is 98.2 cm³/mol. The van der Waals surface area contributed by atoms with Gasteiger partial charge in [0, 0.05) is 7.05 Å². The first-order valence-corrected chi connectivity index (χ1v) is 8.48. The van der Waals surface area contributed by atoms with E-state index in [-0.39, 0.29) is 13.0 Å². The molecule has 0 saturated carbocycles. The Morgan fingerprint density at radius 2 is 2.00 bits per heavy atom. The zero-order chi connectivity index (χ0) is 19.3. The molecule has 0 radical (unpaired) electrons. The van der Waals surface area contributed by atoms with Crippen LogP contribution in [0.1, 0.15) is 30.3 Å². The van der Waals surface area contributed by atoms with Crippen LogP contribution in [0, 0.1) is 20.8 Å². The number of carbonyl (C=O) groups excluding carboxylic acids is 2. The Hall–Kier alpha value is -2.83. The molecule has 0 saturated heterocycles. The van der Waals surface area contributed by atoms with E-state index in [2.05, 4.69) is 10.4 Å². The Bertz CT molecular complexity index is 798. The van der Waals surface area contributed by atoms with Crippen LogP contribution in [0.5, 0.6) is 5.75 Å². The minimum Gasteiger partial charge on any atom is -0.493 e. The Balaban J connectivity index is 1.79. The van der Waals surface area contributed by atoms with Crippen molar-refractivity contribution in [1.82, 2.24) is 9.78 Å². The molecular formula is C19H25N3O4. The second kappa shape index (κ2) is 8.51. The lowest BCUT2D eigenvalue weighted by atomic mass is 10.2. The second-order valence-corrected chi connectivity index (χ2v) is 6.21. The van der Waals surface area contributed by atoms with Gasteiger partial charge in [-0.3, -0.25) is 14.3 Å². The maximum absolute atomic E-state index is 12.2. The van der Waals surface area contributed by atoms with Crippen molar-refractivity contribution in [2.45, 2.75) is 40.2 Å². The lowest BCUT2D eigenvalue weighted by molar-refractivity contribution is -0.153. The van der Waals surface area contributed by atoms with Gasteiger partial charge in [-0.1, -0.05) is 12.1 Å². The van der Waals surface area contributed by atoms with Crippen LogP contribution in [0.3, 0.4) is 0 Å². The normalized spacial score (nSPS) is 11.7. The summed E-state index contributed by atoms with van der Waals surface area (Å²) < 4.78 is 12.4. The Labute approximate surface area is 153 Å². The van der Waals surface area contributed by atoms with Crippen molar-refractivity contribution in [3.8, 4) is 5.75 Å². The Kier molecular flexibility index (Phi) is 6.38. The zero-order valence-corrected chi connectivity index (χ0v) is 15.8. The van der Waals surface area contributed by atoms with Gasteiger partial charge in [-0.25, -0.2) is 0 Å². The second-order valence-electron chi connectivity index (χ2n) is 6.21. The fourth-order valence-electron chi connectivity index (χ4n) is 2.45. The summed E-state index contributed by atoms with van der Waals surface area (Å²) in [7, 11) is 1.80. The number of rotatable bonds is 7. The van der Waals surface area contributed by atoms with Crippen molar-refractivity contribution >= 4 is 17.6 Å². The van der Waals surface area contributed by atoms with E-state index in [0.717, 1.165) is 11.3 Å². The third-order valence-electron chi connectivity index (χ3n) is 4.00. The quantitative estimate of drug-likeness (QED) is 0.769. The summed E-state index contributed by atoms with van der Waals surface area (Å²) in [6.07, 6.45) is -0.836. The highest BCUT2D eigenvalue weighted by Crippen LogP contribution is 2.19.